The highest BCUT2D eigenvalue weighted by Gasteiger charge is 2.26. The van der Waals surface area contributed by atoms with Crippen molar-refractivity contribution in [3.05, 3.63) is 27.7 Å². The van der Waals surface area contributed by atoms with Crippen molar-refractivity contribution in [2.75, 3.05) is 0 Å². The van der Waals surface area contributed by atoms with Gasteiger partial charge in [-0.2, -0.15) is 0 Å². The summed E-state index contributed by atoms with van der Waals surface area (Å²) in [6.07, 6.45) is -0.855. The van der Waals surface area contributed by atoms with Crippen LogP contribution in [0.3, 0.4) is 0 Å². The number of rotatable bonds is 4. The third-order valence-corrected chi connectivity index (χ3v) is 3.05. The molecular weight excluding hydrogens is 336 g/mol. The van der Waals surface area contributed by atoms with Gasteiger partial charge in [-0.1, -0.05) is 41.4 Å². The first-order chi connectivity index (χ1) is 8.81. The fraction of sp³-hybridized carbons (Fsp3) is 0.333. The molecule has 5 nitrogen and oxygen atoms in total. The Kier molecular flexibility index (Phi) is 5.62. The van der Waals surface area contributed by atoms with Crippen molar-refractivity contribution in [3.8, 4) is 5.75 Å². The number of amides is 3. The number of urea groups is 1. The summed E-state index contributed by atoms with van der Waals surface area (Å²) in [5.41, 5.74) is 4.92. The molecule has 0 radical (unpaired) electrons. The number of nitrogens with two attached hydrogens (primary N) is 1. The second-order valence-corrected chi connectivity index (χ2v) is 5.53. The highest BCUT2D eigenvalue weighted by atomic mass is 79.9. The lowest BCUT2D eigenvalue weighted by Gasteiger charge is -2.21. The van der Waals surface area contributed by atoms with Gasteiger partial charge in [0.15, 0.2) is 6.10 Å². The summed E-state index contributed by atoms with van der Waals surface area (Å²) in [6, 6.07) is 4.12. The van der Waals surface area contributed by atoms with Crippen LogP contribution < -0.4 is 15.8 Å². The zero-order valence-electron chi connectivity index (χ0n) is 10.4. The maximum Gasteiger partial charge on any atom is 0.318 e. The quantitative estimate of drug-likeness (QED) is 0.877. The molecule has 1 aromatic carbocycles. The van der Waals surface area contributed by atoms with E-state index in [1.165, 1.54) is 0 Å². The predicted molar refractivity (Wildman–Crippen MR) is 76.1 cm³/mol. The van der Waals surface area contributed by atoms with Crippen LogP contribution in [0.5, 0.6) is 5.75 Å². The molecule has 0 saturated carbocycles. The molecule has 7 heteroatoms. The Morgan fingerprint density at radius 1 is 1.42 bits per heavy atom. The predicted octanol–water partition coefficient (Wildman–Crippen LogP) is 2.70. The molecule has 0 saturated heterocycles. The van der Waals surface area contributed by atoms with Crippen LogP contribution in [0, 0.1) is 5.92 Å². The first kappa shape index (κ1) is 15.8. The topological polar surface area (TPSA) is 81.4 Å². The van der Waals surface area contributed by atoms with Gasteiger partial charge in [-0.3, -0.25) is 10.1 Å². The van der Waals surface area contributed by atoms with Gasteiger partial charge in [-0.25, -0.2) is 4.79 Å². The van der Waals surface area contributed by atoms with E-state index >= 15 is 0 Å². The second kappa shape index (κ2) is 6.77. The van der Waals surface area contributed by atoms with Crippen LogP contribution >= 0.6 is 27.5 Å². The third-order valence-electron chi connectivity index (χ3n) is 2.26. The molecular formula is C12H14BrClN2O3. The van der Waals surface area contributed by atoms with Crippen molar-refractivity contribution >= 4 is 39.5 Å². The van der Waals surface area contributed by atoms with Gasteiger partial charge in [-0.15, -0.1) is 0 Å². The molecule has 3 amide bonds. The van der Waals surface area contributed by atoms with Crippen LogP contribution in [0.1, 0.15) is 13.8 Å². The van der Waals surface area contributed by atoms with Gasteiger partial charge < -0.3 is 10.5 Å². The van der Waals surface area contributed by atoms with Crippen molar-refractivity contribution in [2.24, 2.45) is 11.7 Å². The number of hydrogen-bond donors (Lipinski definition) is 2. The Morgan fingerprint density at radius 2 is 2.05 bits per heavy atom. The summed E-state index contributed by atoms with van der Waals surface area (Å²) in [5.74, 6) is -0.385. The van der Waals surface area contributed by atoms with E-state index in [2.05, 4.69) is 15.9 Å². The minimum atomic E-state index is -0.916. The number of hydrogen-bond acceptors (Lipinski definition) is 3. The van der Waals surface area contributed by atoms with E-state index in [1.54, 1.807) is 32.0 Å². The number of benzene rings is 1. The molecule has 1 aromatic rings. The lowest BCUT2D eigenvalue weighted by atomic mass is 10.1. The molecule has 0 unspecified atom stereocenters. The molecule has 3 N–H and O–H groups in total. The maximum atomic E-state index is 11.8. The van der Waals surface area contributed by atoms with Crippen LogP contribution in [-0.2, 0) is 4.79 Å². The molecule has 0 aliphatic heterocycles. The molecule has 0 spiro atoms. The van der Waals surface area contributed by atoms with E-state index in [1.807, 2.05) is 5.32 Å². The highest BCUT2D eigenvalue weighted by molar-refractivity contribution is 9.10. The first-order valence-electron chi connectivity index (χ1n) is 5.53. The van der Waals surface area contributed by atoms with Gasteiger partial charge in [0, 0.05) is 4.47 Å². The molecule has 0 bridgehead atoms. The number of primary amides is 1. The zero-order chi connectivity index (χ0) is 14.6. The van der Waals surface area contributed by atoms with Crippen LogP contribution in [0.25, 0.3) is 0 Å². The average molecular weight is 350 g/mol. The minimum absolute atomic E-state index is 0.154. The Hall–Kier alpha value is -1.27. The third kappa shape index (κ3) is 4.72. The normalized spacial score (nSPS) is 12.1. The summed E-state index contributed by atoms with van der Waals surface area (Å²) in [5, 5.41) is 2.37. The number of carbonyl (C=O) groups is 2. The van der Waals surface area contributed by atoms with Crippen LogP contribution in [-0.4, -0.2) is 18.0 Å². The Morgan fingerprint density at radius 3 is 2.53 bits per heavy atom. The number of carbonyl (C=O) groups excluding carboxylic acids is 2. The summed E-state index contributed by atoms with van der Waals surface area (Å²) in [7, 11) is 0. The van der Waals surface area contributed by atoms with Crippen molar-refractivity contribution in [3.63, 3.8) is 0 Å². The van der Waals surface area contributed by atoms with Gasteiger partial charge in [0.25, 0.3) is 5.91 Å². The SMILES string of the molecule is CC(C)[C@H](Oc1ccc(Br)cc1Cl)C(=O)NC(N)=O. The van der Waals surface area contributed by atoms with Gasteiger partial charge >= 0.3 is 6.03 Å². The van der Waals surface area contributed by atoms with E-state index in [0.717, 1.165) is 4.47 Å². The first-order valence-corrected chi connectivity index (χ1v) is 6.70. The molecule has 1 rings (SSSR count). The van der Waals surface area contributed by atoms with E-state index in [0.29, 0.717) is 10.8 Å². The van der Waals surface area contributed by atoms with E-state index in [-0.39, 0.29) is 5.92 Å². The Labute approximate surface area is 124 Å². The van der Waals surface area contributed by atoms with E-state index < -0.39 is 18.0 Å². The standard InChI is InChI=1S/C12H14BrClN2O3/c1-6(2)10(11(17)16-12(15)18)19-9-4-3-7(13)5-8(9)14/h3-6,10H,1-2H3,(H3,15,16,17,18)/t10-/m0/s1. The van der Waals surface area contributed by atoms with E-state index in [9.17, 15) is 9.59 Å². The van der Waals surface area contributed by atoms with Gasteiger partial charge in [0.05, 0.1) is 5.02 Å². The summed E-state index contributed by atoms with van der Waals surface area (Å²) < 4.78 is 6.35. The second-order valence-electron chi connectivity index (χ2n) is 4.21. The number of imide groups is 1. The lowest BCUT2D eigenvalue weighted by Crippen LogP contribution is -2.46. The smallest absolute Gasteiger partial charge is 0.318 e. The van der Waals surface area contributed by atoms with Crippen LogP contribution in [0.15, 0.2) is 22.7 Å². The fourth-order valence-corrected chi connectivity index (χ4v) is 2.11. The number of nitrogens with one attached hydrogen (secondary N) is 1. The summed E-state index contributed by atoms with van der Waals surface area (Å²) in [4.78, 5) is 22.5. The lowest BCUT2D eigenvalue weighted by molar-refractivity contribution is -0.128. The maximum absolute atomic E-state index is 11.8. The molecule has 0 fully saturated rings. The van der Waals surface area contributed by atoms with Gasteiger partial charge in [0.1, 0.15) is 5.75 Å². The van der Waals surface area contributed by atoms with Crippen molar-refractivity contribution in [2.45, 2.75) is 20.0 Å². The Balaban J connectivity index is 2.89. The molecule has 19 heavy (non-hydrogen) atoms. The largest absolute Gasteiger partial charge is 0.479 e. The zero-order valence-corrected chi connectivity index (χ0v) is 12.8. The van der Waals surface area contributed by atoms with Crippen LogP contribution in [0.2, 0.25) is 5.02 Å². The van der Waals surface area contributed by atoms with Crippen molar-refractivity contribution in [1.82, 2.24) is 5.32 Å². The van der Waals surface area contributed by atoms with Crippen molar-refractivity contribution in [1.29, 1.82) is 0 Å². The van der Waals surface area contributed by atoms with E-state index in [4.69, 9.17) is 22.1 Å². The van der Waals surface area contributed by atoms with Crippen molar-refractivity contribution < 1.29 is 14.3 Å². The average Bonchev–Trinajstić information content (AvgIpc) is 2.26. The van der Waals surface area contributed by atoms with Crippen LogP contribution in [0.4, 0.5) is 4.79 Å². The molecule has 0 aromatic heterocycles. The monoisotopic (exact) mass is 348 g/mol. The minimum Gasteiger partial charge on any atom is -0.479 e. The highest BCUT2D eigenvalue weighted by Crippen LogP contribution is 2.29. The summed E-state index contributed by atoms with van der Waals surface area (Å²) in [6.45, 7) is 3.58. The molecule has 0 aliphatic rings. The van der Waals surface area contributed by atoms with Gasteiger partial charge in [-0.05, 0) is 24.1 Å². The molecule has 1 atom stereocenters. The summed E-state index contributed by atoms with van der Waals surface area (Å²) >= 11 is 9.28. The number of ether oxygens (including phenoxy) is 1. The van der Waals surface area contributed by atoms with Gasteiger partial charge in [0.2, 0.25) is 0 Å². The molecule has 0 aliphatic carbocycles. The molecule has 0 heterocycles. The number of halogens is 2. The Bertz CT molecular complexity index is 494. The molecule has 104 valence electrons. The fourth-order valence-electron chi connectivity index (χ4n) is 1.39.